The van der Waals surface area contributed by atoms with Crippen LogP contribution in [0.3, 0.4) is 0 Å². The van der Waals surface area contributed by atoms with Crippen molar-refractivity contribution >= 4 is 35.4 Å². The molecule has 1 amide bonds. The van der Waals surface area contributed by atoms with Gasteiger partial charge >= 0.3 is 11.9 Å². The van der Waals surface area contributed by atoms with Crippen LogP contribution in [0.15, 0.2) is 48.7 Å². The van der Waals surface area contributed by atoms with E-state index in [1.54, 1.807) is 6.92 Å². The maximum Gasteiger partial charge on any atom is 0.325 e. The summed E-state index contributed by atoms with van der Waals surface area (Å²) in [4.78, 5) is 49.4. The van der Waals surface area contributed by atoms with Crippen molar-refractivity contribution in [2.45, 2.75) is 84.8 Å². The molecule has 2 fully saturated rings. The Hall–Kier alpha value is -5.44. The number of ether oxygens (including phenoxy) is 2. The molecule has 4 N–H and O–H groups in total. The van der Waals surface area contributed by atoms with Crippen molar-refractivity contribution in [3.05, 3.63) is 93.8 Å². The monoisotopic (exact) mass is 822 g/mol. The van der Waals surface area contributed by atoms with Crippen LogP contribution in [0.4, 0.5) is 10.1 Å². The number of hydrogen-bond acceptors (Lipinski definition) is 10. The first-order valence-electron chi connectivity index (χ1n) is 20.7. The van der Waals surface area contributed by atoms with Crippen molar-refractivity contribution in [1.82, 2.24) is 24.8 Å². The first-order valence-corrected chi connectivity index (χ1v) is 20.7. The number of nitrogens with zero attached hydrogens (tertiary/aromatic N) is 4. The number of carboxylic acid groups (broad SMARTS) is 1. The number of aliphatic hydroxyl groups is 1. The van der Waals surface area contributed by atoms with E-state index in [0.29, 0.717) is 34.9 Å². The van der Waals surface area contributed by atoms with Gasteiger partial charge < -0.3 is 29.6 Å². The Bertz CT molecular complexity index is 2310. The second-order valence-electron chi connectivity index (χ2n) is 16.6. The first-order chi connectivity index (χ1) is 28.8. The number of esters is 1. The average Bonchev–Trinajstić information content (AvgIpc) is 3.93. The summed E-state index contributed by atoms with van der Waals surface area (Å²) in [6.45, 7) is 7.86. The molecule has 0 saturated heterocycles. The number of fused-ring (bicyclic) bond motifs is 3. The third-order valence-electron chi connectivity index (χ3n) is 13.2. The lowest BCUT2D eigenvalue weighted by Crippen LogP contribution is -2.40. The number of amides is 1. The van der Waals surface area contributed by atoms with Gasteiger partial charge in [-0.1, -0.05) is 30.3 Å². The summed E-state index contributed by atoms with van der Waals surface area (Å²) in [5, 5.41) is 25.5. The number of hydrogen-bond donors (Lipinski definition) is 4. The number of halogens is 1. The predicted octanol–water partition coefficient (Wildman–Crippen LogP) is 6.62. The summed E-state index contributed by atoms with van der Waals surface area (Å²) in [5.41, 5.74) is 6.99. The molecule has 2 bridgehead atoms. The van der Waals surface area contributed by atoms with E-state index in [1.807, 2.05) is 61.9 Å². The maximum atomic E-state index is 15.9. The fraction of sp³-hybridized carbons (Fsp3) is 0.457. The van der Waals surface area contributed by atoms with Gasteiger partial charge in [-0.3, -0.25) is 29.6 Å². The molecule has 318 valence electrons. The van der Waals surface area contributed by atoms with Crippen molar-refractivity contribution in [1.29, 1.82) is 0 Å². The second-order valence-corrected chi connectivity index (χ2v) is 16.6. The van der Waals surface area contributed by atoms with Gasteiger partial charge in [-0.05, 0) is 111 Å². The van der Waals surface area contributed by atoms with E-state index in [9.17, 15) is 24.6 Å². The van der Waals surface area contributed by atoms with Gasteiger partial charge in [0.1, 0.15) is 23.3 Å². The van der Waals surface area contributed by atoms with E-state index < -0.39 is 35.8 Å². The Labute approximate surface area is 350 Å². The van der Waals surface area contributed by atoms with Gasteiger partial charge in [-0.15, -0.1) is 0 Å². The molecule has 1 atom stereocenters. The van der Waals surface area contributed by atoms with Crippen LogP contribution in [0, 0.1) is 24.7 Å². The molecule has 3 aliphatic rings. The molecule has 13 nitrogen and oxygen atoms in total. The van der Waals surface area contributed by atoms with Crippen molar-refractivity contribution < 1.29 is 38.5 Å². The summed E-state index contributed by atoms with van der Waals surface area (Å²) in [6.07, 6.45) is 9.04. The number of carbonyl (C=O) groups excluding carboxylic acids is 2. The average molecular weight is 823 g/mol. The van der Waals surface area contributed by atoms with E-state index in [2.05, 4.69) is 20.5 Å². The standard InChI is InChI=1S/C46H55FN6O7/c1-6-60-43(56)38(26-54)49-24-31-23-48-36(22-40(31)59-5)34(47)21-30-9-7-10-32(28(30)2)33-11-8-12-35(29(33)3)51-42(55)41-50-37-25-53(19-13-39(37)52(41)4)20-18-45-14-16-46(27-45,17-15-45)44(57)58/h7-12,21-23,38,49,54H,6,13-20,24-27H2,1-5H3,(H,51,55)(H,57,58)/b34-21-/t38-,45?,46?/m1/s1. The van der Waals surface area contributed by atoms with Gasteiger partial charge in [-0.25, -0.2) is 9.37 Å². The van der Waals surface area contributed by atoms with Crippen LogP contribution >= 0.6 is 0 Å². The highest BCUT2D eigenvalue weighted by atomic mass is 19.1. The summed E-state index contributed by atoms with van der Waals surface area (Å²) in [5.74, 6) is -1.36. The number of methoxy groups -OCH3 is 1. The highest BCUT2D eigenvalue weighted by Crippen LogP contribution is 2.63. The molecule has 60 heavy (non-hydrogen) atoms. The zero-order valence-corrected chi connectivity index (χ0v) is 35.1. The molecular formula is C46H55FN6O7. The quantitative estimate of drug-likeness (QED) is 0.0897. The number of rotatable bonds is 16. The zero-order valence-electron chi connectivity index (χ0n) is 35.1. The molecule has 3 heterocycles. The van der Waals surface area contributed by atoms with Crippen LogP contribution in [-0.2, 0) is 40.9 Å². The summed E-state index contributed by atoms with van der Waals surface area (Å²) in [6, 6.07) is 12.0. The Morgan fingerprint density at radius 1 is 1.07 bits per heavy atom. The maximum absolute atomic E-state index is 15.9. The number of aliphatic hydroxyl groups excluding tert-OH is 1. The molecule has 2 aliphatic carbocycles. The van der Waals surface area contributed by atoms with Gasteiger partial charge in [0, 0.05) is 62.3 Å². The third kappa shape index (κ3) is 8.45. The lowest BCUT2D eigenvalue weighted by atomic mass is 9.80. The van der Waals surface area contributed by atoms with Crippen LogP contribution in [0.1, 0.15) is 95.4 Å². The fourth-order valence-electron chi connectivity index (χ4n) is 9.50. The third-order valence-corrected chi connectivity index (χ3v) is 13.2. The number of pyridine rings is 1. The van der Waals surface area contributed by atoms with E-state index in [-0.39, 0.29) is 30.2 Å². The first kappa shape index (κ1) is 42.7. The molecule has 7 rings (SSSR count). The molecule has 2 aromatic heterocycles. The second kappa shape index (κ2) is 17.6. The molecule has 2 aromatic carbocycles. The number of benzene rings is 2. The van der Waals surface area contributed by atoms with Gasteiger partial charge in [0.05, 0.1) is 31.4 Å². The number of imidazole rings is 1. The molecule has 0 unspecified atom stereocenters. The summed E-state index contributed by atoms with van der Waals surface area (Å²) < 4.78 is 28.3. The molecule has 14 heteroatoms. The van der Waals surface area contributed by atoms with E-state index in [4.69, 9.17) is 14.5 Å². The van der Waals surface area contributed by atoms with Crippen LogP contribution in [0.5, 0.6) is 5.75 Å². The van der Waals surface area contributed by atoms with Gasteiger partial charge in [-0.2, -0.15) is 0 Å². The van der Waals surface area contributed by atoms with Gasteiger partial charge in [0.15, 0.2) is 5.82 Å². The number of nitrogens with one attached hydrogen (secondary N) is 2. The Balaban J connectivity index is 1.02. The lowest BCUT2D eigenvalue weighted by molar-refractivity contribution is -0.148. The summed E-state index contributed by atoms with van der Waals surface area (Å²) in [7, 11) is 3.35. The highest BCUT2D eigenvalue weighted by molar-refractivity contribution is 6.03. The Morgan fingerprint density at radius 2 is 1.80 bits per heavy atom. The van der Waals surface area contributed by atoms with Crippen LogP contribution < -0.4 is 15.4 Å². The Morgan fingerprint density at radius 3 is 2.48 bits per heavy atom. The van der Waals surface area contributed by atoms with Crippen LogP contribution in [0.2, 0.25) is 0 Å². The van der Waals surface area contributed by atoms with Crippen molar-refractivity contribution in [2.24, 2.45) is 17.9 Å². The summed E-state index contributed by atoms with van der Waals surface area (Å²) >= 11 is 0. The molecular weight excluding hydrogens is 768 g/mol. The number of carbonyl (C=O) groups is 3. The molecule has 0 spiro atoms. The number of carboxylic acids is 1. The molecule has 1 aliphatic heterocycles. The predicted molar refractivity (Wildman–Crippen MR) is 226 cm³/mol. The van der Waals surface area contributed by atoms with Crippen LogP contribution in [0.25, 0.3) is 23.0 Å². The van der Waals surface area contributed by atoms with E-state index >= 15 is 4.39 Å². The fourth-order valence-corrected chi connectivity index (χ4v) is 9.50. The highest BCUT2D eigenvalue weighted by Gasteiger charge is 2.57. The molecule has 0 radical (unpaired) electrons. The van der Waals surface area contributed by atoms with Crippen LogP contribution in [-0.4, -0.2) is 86.9 Å². The number of aromatic nitrogens is 3. The Kier molecular flexibility index (Phi) is 12.6. The lowest BCUT2D eigenvalue weighted by Gasteiger charge is -2.32. The molecule has 2 saturated carbocycles. The largest absolute Gasteiger partial charge is 0.496 e. The van der Waals surface area contributed by atoms with Gasteiger partial charge in [0.25, 0.3) is 5.91 Å². The van der Waals surface area contributed by atoms with Crippen molar-refractivity contribution in [3.8, 4) is 16.9 Å². The number of aliphatic carboxylic acids is 1. The minimum Gasteiger partial charge on any atom is -0.496 e. The van der Waals surface area contributed by atoms with Crippen molar-refractivity contribution in [3.63, 3.8) is 0 Å². The topological polar surface area (TPSA) is 168 Å². The SMILES string of the molecule is CCOC(=O)[C@@H](CO)NCc1cnc(/C(F)=C/c2cccc(-c3cccc(NC(=O)c4nc5c(n4C)CCN(CCC46CCC(C(=O)O)(CC4)C6)C5)c3C)c2C)cc1OC. The normalized spacial score (nSPS) is 20.5. The minimum atomic E-state index is -0.925. The van der Waals surface area contributed by atoms with Crippen molar-refractivity contribution in [2.75, 3.05) is 38.7 Å². The smallest absolute Gasteiger partial charge is 0.325 e. The minimum absolute atomic E-state index is 0.0696. The number of anilines is 1. The zero-order chi connectivity index (χ0) is 42.8. The van der Waals surface area contributed by atoms with E-state index in [1.165, 1.54) is 25.4 Å². The van der Waals surface area contributed by atoms with Gasteiger partial charge in [0.2, 0.25) is 0 Å². The van der Waals surface area contributed by atoms with E-state index in [0.717, 1.165) is 91.7 Å². The molecule has 4 aromatic rings.